The number of benzene rings is 1. The standard InChI is InChI=1S/C19H21ClN2O2S/c1-21(13-17-5-3-11-25-17)18(23)15-4-2-10-22(12-15)19(24)14-6-8-16(20)9-7-14/h3,5-9,11,15H,2,4,10,12-13H2,1H3. The smallest absolute Gasteiger partial charge is 0.253 e. The van der Waals surface area contributed by atoms with Gasteiger partial charge in [-0.3, -0.25) is 9.59 Å². The van der Waals surface area contributed by atoms with Crippen molar-refractivity contribution in [2.24, 2.45) is 5.92 Å². The molecule has 3 rings (SSSR count). The second kappa shape index (κ2) is 8.02. The highest BCUT2D eigenvalue weighted by molar-refractivity contribution is 7.09. The Kier molecular flexibility index (Phi) is 5.76. The number of hydrogen-bond donors (Lipinski definition) is 0. The van der Waals surface area contributed by atoms with Gasteiger partial charge in [-0.05, 0) is 48.6 Å². The third-order valence-corrected chi connectivity index (χ3v) is 5.61. The maximum absolute atomic E-state index is 12.7. The minimum atomic E-state index is -0.130. The lowest BCUT2D eigenvalue weighted by atomic mass is 9.96. The van der Waals surface area contributed by atoms with Crippen molar-refractivity contribution in [3.8, 4) is 0 Å². The number of likely N-dealkylation sites (tertiary alicyclic amines) is 1. The quantitative estimate of drug-likeness (QED) is 0.811. The summed E-state index contributed by atoms with van der Waals surface area (Å²) in [5.74, 6) is -0.0490. The molecule has 2 heterocycles. The lowest BCUT2D eigenvalue weighted by Gasteiger charge is -2.34. The van der Waals surface area contributed by atoms with E-state index in [1.165, 1.54) is 4.88 Å². The van der Waals surface area contributed by atoms with Crippen LogP contribution >= 0.6 is 22.9 Å². The average Bonchev–Trinajstić information content (AvgIpc) is 3.14. The van der Waals surface area contributed by atoms with Crippen molar-refractivity contribution in [1.82, 2.24) is 9.80 Å². The highest BCUT2D eigenvalue weighted by atomic mass is 35.5. The first-order valence-corrected chi connectivity index (χ1v) is 9.62. The third kappa shape index (κ3) is 4.41. The van der Waals surface area contributed by atoms with Crippen molar-refractivity contribution >= 4 is 34.8 Å². The molecule has 1 aromatic carbocycles. The van der Waals surface area contributed by atoms with E-state index in [0.717, 1.165) is 12.8 Å². The highest BCUT2D eigenvalue weighted by Crippen LogP contribution is 2.22. The summed E-state index contributed by atoms with van der Waals surface area (Å²) in [7, 11) is 1.84. The summed E-state index contributed by atoms with van der Waals surface area (Å²) in [6, 6.07) is 10.9. The molecule has 132 valence electrons. The Labute approximate surface area is 157 Å². The number of carbonyl (C=O) groups excluding carboxylic acids is 2. The molecule has 4 nitrogen and oxygen atoms in total. The molecule has 0 aliphatic carbocycles. The Morgan fingerprint density at radius 2 is 2.04 bits per heavy atom. The molecule has 0 N–H and O–H groups in total. The summed E-state index contributed by atoms with van der Waals surface area (Å²) in [6.45, 7) is 1.80. The van der Waals surface area contributed by atoms with Crippen molar-refractivity contribution in [2.75, 3.05) is 20.1 Å². The normalized spacial score (nSPS) is 17.4. The second-order valence-corrected chi connectivity index (χ2v) is 7.84. The molecule has 0 bridgehead atoms. The van der Waals surface area contributed by atoms with Crippen LogP contribution in [0.2, 0.25) is 5.02 Å². The van der Waals surface area contributed by atoms with E-state index in [1.807, 2.05) is 24.6 Å². The number of rotatable bonds is 4. The van der Waals surface area contributed by atoms with Gasteiger partial charge >= 0.3 is 0 Å². The number of amides is 2. The van der Waals surface area contributed by atoms with E-state index in [9.17, 15) is 9.59 Å². The zero-order valence-electron chi connectivity index (χ0n) is 14.2. The first-order chi connectivity index (χ1) is 12.0. The van der Waals surface area contributed by atoms with Gasteiger partial charge in [-0.2, -0.15) is 0 Å². The Balaban J connectivity index is 1.63. The van der Waals surface area contributed by atoms with Gasteiger partial charge in [0.05, 0.1) is 12.5 Å². The largest absolute Gasteiger partial charge is 0.340 e. The van der Waals surface area contributed by atoms with Crippen molar-refractivity contribution in [3.05, 3.63) is 57.2 Å². The number of thiophene rings is 1. The average molecular weight is 377 g/mol. The molecule has 1 saturated heterocycles. The van der Waals surface area contributed by atoms with Crippen LogP contribution in [0, 0.1) is 5.92 Å². The van der Waals surface area contributed by atoms with Crippen LogP contribution in [0.15, 0.2) is 41.8 Å². The maximum atomic E-state index is 12.7. The van der Waals surface area contributed by atoms with Gasteiger partial charge in [-0.25, -0.2) is 0 Å². The molecule has 1 aliphatic rings. The lowest BCUT2D eigenvalue weighted by Crippen LogP contribution is -2.45. The minimum absolute atomic E-state index is 0.0323. The summed E-state index contributed by atoms with van der Waals surface area (Å²) in [5.41, 5.74) is 0.615. The molecule has 25 heavy (non-hydrogen) atoms. The van der Waals surface area contributed by atoms with E-state index in [4.69, 9.17) is 11.6 Å². The van der Waals surface area contributed by atoms with Gasteiger partial charge in [0, 0.05) is 35.6 Å². The van der Waals surface area contributed by atoms with Gasteiger partial charge in [-0.1, -0.05) is 17.7 Å². The van der Waals surface area contributed by atoms with Crippen molar-refractivity contribution in [3.63, 3.8) is 0 Å². The van der Waals surface area contributed by atoms with E-state index >= 15 is 0 Å². The molecule has 2 amide bonds. The molecule has 1 atom stereocenters. The molecule has 1 aromatic heterocycles. The van der Waals surface area contributed by atoms with Gasteiger partial charge in [-0.15, -0.1) is 11.3 Å². The van der Waals surface area contributed by atoms with Crippen LogP contribution in [-0.2, 0) is 11.3 Å². The minimum Gasteiger partial charge on any atom is -0.340 e. The predicted octanol–water partition coefficient (Wildman–Crippen LogP) is 3.91. The molecule has 0 spiro atoms. The van der Waals surface area contributed by atoms with Gasteiger partial charge < -0.3 is 9.80 Å². The molecule has 1 aliphatic heterocycles. The number of piperidine rings is 1. The summed E-state index contributed by atoms with van der Waals surface area (Å²) >= 11 is 7.54. The molecular formula is C19H21ClN2O2S. The summed E-state index contributed by atoms with van der Waals surface area (Å²) in [5, 5.41) is 2.62. The molecule has 6 heteroatoms. The van der Waals surface area contributed by atoms with Crippen LogP contribution in [0.1, 0.15) is 28.1 Å². The summed E-state index contributed by atoms with van der Waals surface area (Å²) in [4.78, 5) is 30.1. The fourth-order valence-corrected chi connectivity index (χ4v) is 4.05. The zero-order valence-corrected chi connectivity index (χ0v) is 15.7. The van der Waals surface area contributed by atoms with Crippen molar-refractivity contribution in [1.29, 1.82) is 0 Å². The molecule has 0 radical (unpaired) electrons. The SMILES string of the molecule is CN(Cc1cccs1)C(=O)C1CCCN(C(=O)c2ccc(Cl)cc2)C1. The van der Waals surface area contributed by atoms with Crippen LogP contribution in [0.3, 0.4) is 0 Å². The third-order valence-electron chi connectivity index (χ3n) is 4.50. The molecule has 0 saturated carbocycles. The lowest BCUT2D eigenvalue weighted by molar-refractivity contribution is -0.136. The first-order valence-electron chi connectivity index (χ1n) is 8.37. The fourth-order valence-electron chi connectivity index (χ4n) is 3.16. The predicted molar refractivity (Wildman–Crippen MR) is 101 cm³/mol. The van der Waals surface area contributed by atoms with Crippen LogP contribution in [0.25, 0.3) is 0 Å². The van der Waals surface area contributed by atoms with Gasteiger partial charge in [0.15, 0.2) is 0 Å². The van der Waals surface area contributed by atoms with Gasteiger partial charge in [0.1, 0.15) is 0 Å². The summed E-state index contributed by atoms with van der Waals surface area (Å²) in [6.07, 6.45) is 1.68. The number of hydrogen-bond acceptors (Lipinski definition) is 3. The number of carbonyl (C=O) groups is 2. The van der Waals surface area contributed by atoms with Crippen molar-refractivity contribution < 1.29 is 9.59 Å². The Bertz CT molecular complexity index is 730. The fraction of sp³-hybridized carbons (Fsp3) is 0.368. The van der Waals surface area contributed by atoms with E-state index in [1.54, 1.807) is 45.4 Å². The highest BCUT2D eigenvalue weighted by Gasteiger charge is 2.30. The maximum Gasteiger partial charge on any atom is 0.253 e. The van der Waals surface area contributed by atoms with Crippen LogP contribution in [-0.4, -0.2) is 41.8 Å². The number of nitrogens with zero attached hydrogens (tertiary/aromatic N) is 2. The van der Waals surface area contributed by atoms with Gasteiger partial charge in [0.25, 0.3) is 5.91 Å². The second-order valence-electron chi connectivity index (χ2n) is 6.37. The van der Waals surface area contributed by atoms with E-state index in [0.29, 0.717) is 30.2 Å². The van der Waals surface area contributed by atoms with Gasteiger partial charge in [0.2, 0.25) is 5.91 Å². The Morgan fingerprint density at radius 3 is 2.72 bits per heavy atom. The van der Waals surface area contributed by atoms with Crippen LogP contribution in [0.4, 0.5) is 0 Å². The van der Waals surface area contributed by atoms with E-state index < -0.39 is 0 Å². The first kappa shape index (κ1) is 18.0. The van der Waals surface area contributed by atoms with Crippen LogP contribution in [0.5, 0.6) is 0 Å². The number of halogens is 1. The molecule has 1 fully saturated rings. The summed E-state index contributed by atoms with van der Waals surface area (Å²) < 4.78 is 0. The molecule has 2 aromatic rings. The van der Waals surface area contributed by atoms with Crippen LogP contribution < -0.4 is 0 Å². The van der Waals surface area contributed by atoms with E-state index in [2.05, 4.69) is 0 Å². The topological polar surface area (TPSA) is 40.6 Å². The molecular weight excluding hydrogens is 356 g/mol. The van der Waals surface area contributed by atoms with Crippen molar-refractivity contribution in [2.45, 2.75) is 19.4 Å². The monoisotopic (exact) mass is 376 g/mol. The molecule has 1 unspecified atom stereocenters. The van der Waals surface area contributed by atoms with E-state index in [-0.39, 0.29) is 17.7 Å². The Hall–Kier alpha value is -1.85. The Morgan fingerprint density at radius 1 is 1.28 bits per heavy atom. The zero-order chi connectivity index (χ0) is 17.8.